The lowest BCUT2D eigenvalue weighted by atomic mass is 10.1. The Hall–Kier alpha value is -2.40. The van der Waals surface area contributed by atoms with Crippen molar-refractivity contribution in [2.75, 3.05) is 0 Å². The number of aliphatic hydroxyl groups is 1. The molecule has 20 heavy (non-hydrogen) atoms. The number of benzene rings is 1. The fourth-order valence-corrected chi connectivity index (χ4v) is 2.46. The lowest BCUT2D eigenvalue weighted by molar-refractivity contribution is -0.118. The number of aromatic nitrogens is 2. The van der Waals surface area contributed by atoms with Crippen molar-refractivity contribution in [3.05, 3.63) is 41.7 Å². The number of fused-ring (bicyclic) bond motifs is 3. The summed E-state index contributed by atoms with van der Waals surface area (Å²) in [6.07, 6.45) is 2.54. The molecule has 0 radical (unpaired) electrons. The number of aromatic amines is 1. The third kappa shape index (κ3) is 2.12. The molecule has 5 heteroatoms. The first-order chi connectivity index (χ1) is 9.69. The molecule has 2 heterocycles. The molecule has 1 aromatic carbocycles. The van der Waals surface area contributed by atoms with Gasteiger partial charge < -0.3 is 15.8 Å². The van der Waals surface area contributed by atoms with Crippen LogP contribution < -0.4 is 5.73 Å². The van der Waals surface area contributed by atoms with Gasteiger partial charge in [0, 0.05) is 35.3 Å². The van der Waals surface area contributed by atoms with Crippen LogP contribution in [0, 0.1) is 0 Å². The van der Waals surface area contributed by atoms with Crippen molar-refractivity contribution in [2.24, 2.45) is 5.73 Å². The van der Waals surface area contributed by atoms with Crippen molar-refractivity contribution < 1.29 is 9.90 Å². The van der Waals surface area contributed by atoms with Crippen molar-refractivity contribution >= 4 is 27.7 Å². The predicted molar refractivity (Wildman–Crippen MR) is 77.0 cm³/mol. The number of primary amides is 1. The summed E-state index contributed by atoms with van der Waals surface area (Å²) in [5.41, 5.74) is 8.77. The Morgan fingerprint density at radius 3 is 2.90 bits per heavy atom. The van der Waals surface area contributed by atoms with E-state index in [0.29, 0.717) is 6.42 Å². The third-order valence-electron chi connectivity index (χ3n) is 3.45. The number of rotatable bonds is 4. The van der Waals surface area contributed by atoms with E-state index in [-0.39, 0.29) is 18.9 Å². The zero-order valence-corrected chi connectivity index (χ0v) is 10.9. The molecule has 0 fully saturated rings. The number of nitrogens with zero attached hydrogens (tertiary/aromatic N) is 1. The number of pyridine rings is 1. The van der Waals surface area contributed by atoms with Gasteiger partial charge in [0.1, 0.15) is 0 Å². The molecule has 0 saturated carbocycles. The molecule has 0 saturated heterocycles. The van der Waals surface area contributed by atoms with Crippen molar-refractivity contribution in [2.45, 2.75) is 19.4 Å². The van der Waals surface area contributed by atoms with Crippen molar-refractivity contribution in [3.8, 4) is 0 Å². The molecule has 0 spiro atoms. The first-order valence-corrected chi connectivity index (χ1v) is 6.46. The maximum atomic E-state index is 10.9. The Labute approximate surface area is 115 Å². The number of hydrogen-bond donors (Lipinski definition) is 3. The van der Waals surface area contributed by atoms with Crippen LogP contribution in [0.25, 0.3) is 21.8 Å². The standard InChI is InChI=1S/C15H15N3O2/c16-14(20)4-3-12-15-11(5-6-17-12)10-2-1-9(8-19)7-13(10)18-15/h1-2,5-7,18-19H,3-4,8H2,(H2,16,20). The largest absolute Gasteiger partial charge is 0.392 e. The van der Waals surface area contributed by atoms with Gasteiger partial charge in [0.2, 0.25) is 5.91 Å². The first kappa shape index (κ1) is 12.6. The van der Waals surface area contributed by atoms with Crippen molar-refractivity contribution in [1.29, 1.82) is 0 Å². The fourth-order valence-electron chi connectivity index (χ4n) is 2.46. The van der Waals surface area contributed by atoms with Crippen LogP contribution in [0.3, 0.4) is 0 Å². The number of nitrogens with one attached hydrogen (secondary N) is 1. The van der Waals surface area contributed by atoms with E-state index in [1.54, 1.807) is 6.20 Å². The van der Waals surface area contributed by atoms with Gasteiger partial charge in [0.05, 0.1) is 17.8 Å². The molecule has 0 bridgehead atoms. The van der Waals surface area contributed by atoms with E-state index in [2.05, 4.69) is 9.97 Å². The van der Waals surface area contributed by atoms with Crippen LogP contribution in [-0.4, -0.2) is 21.0 Å². The Morgan fingerprint density at radius 1 is 1.30 bits per heavy atom. The number of carbonyl (C=O) groups excluding carboxylic acids is 1. The number of carbonyl (C=O) groups is 1. The zero-order chi connectivity index (χ0) is 14.1. The second kappa shape index (κ2) is 4.94. The summed E-state index contributed by atoms with van der Waals surface area (Å²) in [7, 11) is 0. The minimum atomic E-state index is -0.331. The number of nitrogens with two attached hydrogens (primary N) is 1. The van der Waals surface area contributed by atoms with Gasteiger partial charge in [-0.05, 0) is 17.7 Å². The van der Waals surface area contributed by atoms with Gasteiger partial charge >= 0.3 is 0 Å². The average Bonchev–Trinajstić information content (AvgIpc) is 2.83. The second-order valence-corrected chi connectivity index (χ2v) is 4.81. The molecule has 2 aromatic heterocycles. The normalized spacial score (nSPS) is 11.2. The summed E-state index contributed by atoms with van der Waals surface area (Å²) in [6, 6.07) is 7.75. The van der Waals surface area contributed by atoms with Crippen LogP contribution in [0.2, 0.25) is 0 Å². The highest BCUT2D eigenvalue weighted by molar-refractivity contribution is 6.08. The summed E-state index contributed by atoms with van der Waals surface area (Å²) in [6.45, 7) is 0.0120. The van der Waals surface area contributed by atoms with Gasteiger partial charge in [-0.2, -0.15) is 0 Å². The van der Waals surface area contributed by atoms with Crippen LogP contribution in [0.15, 0.2) is 30.5 Å². The molecular formula is C15H15N3O2. The molecule has 102 valence electrons. The highest BCUT2D eigenvalue weighted by atomic mass is 16.3. The Kier molecular flexibility index (Phi) is 3.12. The number of H-pyrrole nitrogens is 1. The van der Waals surface area contributed by atoms with Crippen LogP contribution in [-0.2, 0) is 17.8 Å². The van der Waals surface area contributed by atoms with Crippen LogP contribution >= 0.6 is 0 Å². The second-order valence-electron chi connectivity index (χ2n) is 4.81. The summed E-state index contributed by atoms with van der Waals surface area (Å²) in [4.78, 5) is 18.6. The fraction of sp³-hybridized carbons (Fsp3) is 0.200. The van der Waals surface area contributed by atoms with Gasteiger partial charge in [-0.1, -0.05) is 12.1 Å². The molecule has 3 aromatic rings. The topological polar surface area (TPSA) is 92.0 Å². The summed E-state index contributed by atoms with van der Waals surface area (Å²) < 4.78 is 0. The van der Waals surface area contributed by atoms with E-state index in [4.69, 9.17) is 5.73 Å². The van der Waals surface area contributed by atoms with E-state index < -0.39 is 0 Å². The molecule has 0 atom stereocenters. The molecule has 0 aliphatic carbocycles. The molecule has 3 rings (SSSR count). The quantitative estimate of drug-likeness (QED) is 0.672. The highest BCUT2D eigenvalue weighted by Crippen LogP contribution is 2.27. The monoisotopic (exact) mass is 269 g/mol. The van der Waals surface area contributed by atoms with E-state index >= 15 is 0 Å². The molecule has 5 nitrogen and oxygen atoms in total. The Morgan fingerprint density at radius 2 is 2.15 bits per heavy atom. The van der Waals surface area contributed by atoms with E-state index in [9.17, 15) is 9.90 Å². The summed E-state index contributed by atoms with van der Waals surface area (Å²) >= 11 is 0. The Bertz CT molecular complexity index is 792. The van der Waals surface area contributed by atoms with E-state index in [0.717, 1.165) is 33.1 Å². The Balaban J connectivity index is 2.16. The zero-order valence-electron chi connectivity index (χ0n) is 10.9. The SMILES string of the molecule is NC(=O)CCc1nccc2c1[nH]c1cc(CO)ccc12. The first-order valence-electron chi connectivity index (χ1n) is 6.46. The van der Waals surface area contributed by atoms with Gasteiger partial charge in [0.15, 0.2) is 0 Å². The minimum absolute atomic E-state index is 0.0120. The van der Waals surface area contributed by atoms with Gasteiger partial charge in [0.25, 0.3) is 0 Å². The lowest BCUT2D eigenvalue weighted by Crippen LogP contribution is -2.11. The molecule has 1 amide bonds. The van der Waals surface area contributed by atoms with Gasteiger partial charge in [-0.15, -0.1) is 0 Å². The molecule has 0 aliphatic heterocycles. The molecule has 0 aliphatic rings. The van der Waals surface area contributed by atoms with Crippen LogP contribution in [0.4, 0.5) is 0 Å². The lowest BCUT2D eigenvalue weighted by Gasteiger charge is -2.00. The highest BCUT2D eigenvalue weighted by Gasteiger charge is 2.10. The summed E-state index contributed by atoms with van der Waals surface area (Å²) in [5.74, 6) is -0.331. The average molecular weight is 269 g/mol. The number of aryl methyl sites for hydroxylation is 1. The van der Waals surface area contributed by atoms with E-state index in [1.165, 1.54) is 0 Å². The molecule has 0 unspecified atom stereocenters. The van der Waals surface area contributed by atoms with Gasteiger partial charge in [-0.25, -0.2) is 0 Å². The smallest absolute Gasteiger partial charge is 0.217 e. The maximum Gasteiger partial charge on any atom is 0.217 e. The molecular weight excluding hydrogens is 254 g/mol. The minimum Gasteiger partial charge on any atom is -0.392 e. The van der Waals surface area contributed by atoms with Crippen LogP contribution in [0.1, 0.15) is 17.7 Å². The number of aliphatic hydroxyl groups excluding tert-OH is 1. The van der Waals surface area contributed by atoms with Crippen LogP contribution in [0.5, 0.6) is 0 Å². The number of amides is 1. The summed E-state index contributed by atoms with van der Waals surface area (Å²) in [5, 5.41) is 11.3. The number of hydrogen-bond acceptors (Lipinski definition) is 3. The van der Waals surface area contributed by atoms with Crippen molar-refractivity contribution in [1.82, 2.24) is 9.97 Å². The predicted octanol–water partition coefficient (Wildman–Crippen LogP) is 1.63. The van der Waals surface area contributed by atoms with E-state index in [1.807, 2.05) is 24.3 Å². The van der Waals surface area contributed by atoms with Crippen molar-refractivity contribution in [3.63, 3.8) is 0 Å². The third-order valence-corrected chi connectivity index (χ3v) is 3.45. The maximum absolute atomic E-state index is 10.9. The molecule has 4 N–H and O–H groups in total. The van der Waals surface area contributed by atoms with Gasteiger partial charge in [-0.3, -0.25) is 9.78 Å².